The van der Waals surface area contributed by atoms with Gasteiger partial charge in [0.15, 0.2) is 0 Å². The highest BCUT2D eigenvalue weighted by atomic mass is 32.1. The minimum Gasteiger partial charge on any atom is -0.333 e. The number of thiophene rings is 1. The largest absolute Gasteiger partial charge is 0.333 e. The fraction of sp³-hybridized carbons (Fsp3) is 0.231. The molecular weight excluding hydrogens is 260 g/mol. The lowest BCUT2D eigenvalue weighted by Crippen LogP contribution is -1.85. The van der Waals surface area contributed by atoms with Gasteiger partial charge in [-0.25, -0.2) is 4.98 Å². The molecule has 94 valence electrons. The second-order valence-corrected chi connectivity index (χ2v) is 5.56. The number of aromatic nitrogens is 4. The SMILES string of the molecule is c1cnc(-c2noc(-c3cc4c(s3)CCC4)n2)cn1. The molecule has 4 rings (SSSR count). The van der Waals surface area contributed by atoms with Crippen molar-refractivity contribution in [3.05, 3.63) is 35.1 Å². The van der Waals surface area contributed by atoms with Gasteiger partial charge in [0.05, 0.1) is 11.1 Å². The van der Waals surface area contributed by atoms with Gasteiger partial charge in [-0.3, -0.25) is 4.98 Å². The summed E-state index contributed by atoms with van der Waals surface area (Å²) in [5, 5.41) is 3.96. The quantitative estimate of drug-likeness (QED) is 0.716. The van der Waals surface area contributed by atoms with Crippen LogP contribution in [0.25, 0.3) is 22.3 Å². The first-order chi connectivity index (χ1) is 9.40. The molecule has 6 heteroatoms. The van der Waals surface area contributed by atoms with E-state index in [1.54, 1.807) is 29.9 Å². The third kappa shape index (κ3) is 1.84. The first-order valence-electron chi connectivity index (χ1n) is 6.12. The molecule has 0 saturated carbocycles. The molecule has 0 amide bonds. The highest BCUT2D eigenvalue weighted by Crippen LogP contribution is 2.36. The molecule has 5 nitrogen and oxygen atoms in total. The second-order valence-electron chi connectivity index (χ2n) is 4.43. The summed E-state index contributed by atoms with van der Waals surface area (Å²) in [6.07, 6.45) is 8.46. The molecule has 0 spiro atoms. The standard InChI is InChI=1S/C13H10N4OS/c1-2-8-6-11(19-10(8)3-1)13-16-12(17-18-13)9-7-14-4-5-15-9/h4-7H,1-3H2. The van der Waals surface area contributed by atoms with Crippen LogP contribution in [0.15, 0.2) is 29.2 Å². The number of fused-ring (bicyclic) bond motifs is 1. The van der Waals surface area contributed by atoms with Crippen molar-refractivity contribution in [2.75, 3.05) is 0 Å². The topological polar surface area (TPSA) is 64.7 Å². The lowest BCUT2D eigenvalue weighted by Gasteiger charge is -1.89. The first kappa shape index (κ1) is 10.8. The van der Waals surface area contributed by atoms with Crippen molar-refractivity contribution in [3.8, 4) is 22.3 Å². The average Bonchev–Trinajstić information content (AvgIpc) is 3.14. The van der Waals surface area contributed by atoms with Crippen LogP contribution in [0.5, 0.6) is 0 Å². The van der Waals surface area contributed by atoms with Crippen molar-refractivity contribution in [3.63, 3.8) is 0 Å². The zero-order chi connectivity index (χ0) is 12.7. The molecule has 1 aliphatic rings. The van der Waals surface area contributed by atoms with E-state index in [9.17, 15) is 0 Å². The molecule has 0 aromatic carbocycles. The lowest BCUT2D eigenvalue weighted by molar-refractivity contribution is 0.433. The molecule has 3 heterocycles. The van der Waals surface area contributed by atoms with E-state index in [0.717, 1.165) is 11.3 Å². The smallest absolute Gasteiger partial charge is 0.268 e. The average molecular weight is 270 g/mol. The van der Waals surface area contributed by atoms with Crippen molar-refractivity contribution in [1.29, 1.82) is 0 Å². The van der Waals surface area contributed by atoms with E-state index in [-0.39, 0.29) is 0 Å². The normalized spacial score (nSPS) is 13.7. The Morgan fingerprint density at radius 1 is 1.21 bits per heavy atom. The van der Waals surface area contributed by atoms with E-state index >= 15 is 0 Å². The van der Waals surface area contributed by atoms with Gasteiger partial charge in [-0.2, -0.15) is 4.98 Å². The van der Waals surface area contributed by atoms with Crippen molar-refractivity contribution < 1.29 is 4.52 Å². The Labute approximate surface area is 113 Å². The fourth-order valence-corrected chi connectivity index (χ4v) is 3.45. The fourth-order valence-electron chi connectivity index (χ4n) is 2.28. The van der Waals surface area contributed by atoms with Gasteiger partial charge in [0.2, 0.25) is 5.82 Å². The van der Waals surface area contributed by atoms with Crippen LogP contribution in [0.3, 0.4) is 0 Å². The second kappa shape index (κ2) is 4.24. The predicted molar refractivity (Wildman–Crippen MR) is 70.7 cm³/mol. The maximum Gasteiger partial charge on any atom is 0.268 e. The van der Waals surface area contributed by atoms with Gasteiger partial charge in [0.25, 0.3) is 5.89 Å². The summed E-state index contributed by atoms with van der Waals surface area (Å²) in [7, 11) is 0. The summed E-state index contributed by atoms with van der Waals surface area (Å²) in [6.45, 7) is 0. The van der Waals surface area contributed by atoms with Crippen LogP contribution in [0, 0.1) is 0 Å². The summed E-state index contributed by atoms with van der Waals surface area (Å²) < 4.78 is 5.32. The predicted octanol–water partition coefficient (Wildman–Crippen LogP) is 2.74. The Kier molecular flexibility index (Phi) is 2.41. The molecule has 0 bridgehead atoms. The van der Waals surface area contributed by atoms with Crippen molar-refractivity contribution >= 4 is 11.3 Å². The van der Waals surface area contributed by atoms with Crippen LogP contribution in [0.1, 0.15) is 16.9 Å². The van der Waals surface area contributed by atoms with E-state index < -0.39 is 0 Å². The van der Waals surface area contributed by atoms with E-state index in [1.807, 2.05) is 0 Å². The minimum absolute atomic E-state index is 0.483. The zero-order valence-electron chi connectivity index (χ0n) is 10.0. The van der Waals surface area contributed by atoms with Crippen LogP contribution in [-0.4, -0.2) is 20.1 Å². The molecule has 3 aromatic heterocycles. The molecule has 0 fully saturated rings. The molecule has 0 unspecified atom stereocenters. The minimum atomic E-state index is 0.483. The Bertz CT molecular complexity index is 698. The van der Waals surface area contributed by atoms with Gasteiger partial charge in [-0.05, 0) is 30.9 Å². The van der Waals surface area contributed by atoms with E-state index in [2.05, 4.69) is 26.2 Å². The Hall–Kier alpha value is -2.08. The Balaban J connectivity index is 1.71. The molecule has 0 aliphatic heterocycles. The van der Waals surface area contributed by atoms with Gasteiger partial charge in [0.1, 0.15) is 5.69 Å². The third-order valence-corrected chi connectivity index (χ3v) is 4.40. The maximum atomic E-state index is 5.32. The summed E-state index contributed by atoms with van der Waals surface area (Å²) in [5.41, 5.74) is 2.06. The Morgan fingerprint density at radius 3 is 3.05 bits per heavy atom. The summed E-state index contributed by atoms with van der Waals surface area (Å²) in [5.74, 6) is 1.05. The molecule has 0 saturated heterocycles. The number of rotatable bonds is 2. The number of hydrogen-bond acceptors (Lipinski definition) is 6. The van der Waals surface area contributed by atoms with E-state index in [1.165, 1.54) is 23.3 Å². The summed E-state index contributed by atoms with van der Waals surface area (Å²) >= 11 is 1.75. The van der Waals surface area contributed by atoms with E-state index in [4.69, 9.17) is 4.52 Å². The molecule has 19 heavy (non-hydrogen) atoms. The highest BCUT2D eigenvalue weighted by molar-refractivity contribution is 7.15. The van der Waals surface area contributed by atoms with Gasteiger partial charge in [0, 0.05) is 17.3 Å². The number of hydrogen-bond donors (Lipinski definition) is 0. The molecule has 0 atom stereocenters. The molecule has 3 aromatic rings. The molecule has 0 N–H and O–H groups in total. The van der Waals surface area contributed by atoms with Gasteiger partial charge < -0.3 is 4.52 Å². The van der Waals surface area contributed by atoms with Crippen molar-refractivity contribution in [1.82, 2.24) is 20.1 Å². The van der Waals surface area contributed by atoms with Crippen LogP contribution < -0.4 is 0 Å². The van der Waals surface area contributed by atoms with Crippen LogP contribution in [-0.2, 0) is 12.8 Å². The van der Waals surface area contributed by atoms with Crippen LogP contribution >= 0.6 is 11.3 Å². The maximum absolute atomic E-state index is 5.32. The highest BCUT2D eigenvalue weighted by Gasteiger charge is 2.19. The molecule has 0 radical (unpaired) electrons. The van der Waals surface area contributed by atoms with Gasteiger partial charge in [-0.15, -0.1) is 11.3 Å². The Morgan fingerprint density at radius 2 is 2.21 bits per heavy atom. The zero-order valence-corrected chi connectivity index (χ0v) is 10.9. The van der Waals surface area contributed by atoms with Crippen LogP contribution in [0.2, 0.25) is 0 Å². The summed E-state index contributed by atoms with van der Waals surface area (Å²) in [4.78, 5) is 15.1. The van der Waals surface area contributed by atoms with Gasteiger partial charge in [-0.1, -0.05) is 5.16 Å². The lowest BCUT2D eigenvalue weighted by atomic mass is 10.2. The monoisotopic (exact) mass is 270 g/mol. The third-order valence-electron chi connectivity index (χ3n) is 3.18. The first-order valence-corrected chi connectivity index (χ1v) is 6.94. The number of aryl methyl sites for hydroxylation is 2. The van der Waals surface area contributed by atoms with Gasteiger partial charge >= 0.3 is 0 Å². The van der Waals surface area contributed by atoms with Crippen molar-refractivity contribution in [2.24, 2.45) is 0 Å². The van der Waals surface area contributed by atoms with Crippen molar-refractivity contribution in [2.45, 2.75) is 19.3 Å². The molecule has 1 aliphatic carbocycles. The summed E-state index contributed by atoms with van der Waals surface area (Å²) in [6, 6.07) is 2.17. The van der Waals surface area contributed by atoms with E-state index in [0.29, 0.717) is 17.4 Å². The number of nitrogens with zero attached hydrogens (tertiary/aromatic N) is 4. The van der Waals surface area contributed by atoms with Crippen LogP contribution in [0.4, 0.5) is 0 Å². The molecular formula is C13H10N4OS.